The molecule has 0 aromatic heterocycles. The summed E-state index contributed by atoms with van der Waals surface area (Å²) in [6, 6.07) is 12.5. The van der Waals surface area contributed by atoms with E-state index in [1.807, 2.05) is 6.92 Å². The molecule has 1 saturated heterocycles. The summed E-state index contributed by atoms with van der Waals surface area (Å²) in [6.45, 7) is 2.74. The number of hydrogen-bond donors (Lipinski definition) is 2. The molecular formula is C23H30FN3O3S. The molecule has 1 heterocycles. The molecule has 168 valence electrons. The van der Waals surface area contributed by atoms with Crippen molar-refractivity contribution in [1.82, 2.24) is 9.62 Å². The van der Waals surface area contributed by atoms with E-state index in [1.165, 1.54) is 6.07 Å². The zero-order valence-electron chi connectivity index (χ0n) is 17.8. The van der Waals surface area contributed by atoms with Gasteiger partial charge in [0.1, 0.15) is 5.82 Å². The molecule has 0 unspecified atom stereocenters. The predicted octanol–water partition coefficient (Wildman–Crippen LogP) is 2.62. The third-order valence-corrected chi connectivity index (χ3v) is 7.16. The molecule has 31 heavy (non-hydrogen) atoms. The Labute approximate surface area is 183 Å². The molecule has 0 radical (unpaired) electrons. The van der Waals surface area contributed by atoms with Crippen LogP contribution >= 0.6 is 0 Å². The summed E-state index contributed by atoms with van der Waals surface area (Å²) < 4.78 is 41.7. The fourth-order valence-corrected chi connectivity index (χ4v) is 5.00. The van der Waals surface area contributed by atoms with Gasteiger partial charge in [0.25, 0.3) is 0 Å². The van der Waals surface area contributed by atoms with Crippen molar-refractivity contribution in [3.63, 3.8) is 0 Å². The summed E-state index contributed by atoms with van der Waals surface area (Å²) >= 11 is 0. The van der Waals surface area contributed by atoms with Crippen molar-refractivity contribution < 1.29 is 17.6 Å². The van der Waals surface area contributed by atoms with Gasteiger partial charge in [-0.15, -0.1) is 0 Å². The number of nitrogens with zero attached hydrogens (tertiary/aromatic N) is 1. The first-order valence-corrected chi connectivity index (χ1v) is 12.2. The monoisotopic (exact) mass is 447 g/mol. The number of carbonyl (C=O) groups is 1. The fourth-order valence-electron chi connectivity index (χ4n) is 3.93. The van der Waals surface area contributed by atoms with Gasteiger partial charge >= 0.3 is 0 Å². The van der Waals surface area contributed by atoms with Crippen molar-refractivity contribution >= 4 is 15.9 Å². The van der Waals surface area contributed by atoms with Crippen LogP contribution in [-0.4, -0.2) is 44.4 Å². The summed E-state index contributed by atoms with van der Waals surface area (Å²) in [7, 11) is -3.64. The first-order valence-electron chi connectivity index (χ1n) is 10.7. The number of hydrogen-bond acceptors (Lipinski definition) is 4. The van der Waals surface area contributed by atoms with Crippen molar-refractivity contribution in [2.75, 3.05) is 13.1 Å². The van der Waals surface area contributed by atoms with Crippen molar-refractivity contribution in [3.05, 3.63) is 65.5 Å². The second kappa shape index (κ2) is 10.3. The Kier molecular flexibility index (Phi) is 7.80. The number of nitrogens with two attached hydrogens (primary N) is 1. The van der Waals surface area contributed by atoms with Crippen molar-refractivity contribution in [2.24, 2.45) is 5.73 Å². The van der Waals surface area contributed by atoms with Gasteiger partial charge in [-0.1, -0.05) is 37.3 Å². The Hall–Kier alpha value is -2.29. The number of carbonyl (C=O) groups excluding carboxylic acids is 1. The highest BCUT2D eigenvalue weighted by atomic mass is 32.2. The van der Waals surface area contributed by atoms with Gasteiger partial charge in [-0.05, 0) is 55.0 Å². The third-order valence-electron chi connectivity index (χ3n) is 5.73. The summed E-state index contributed by atoms with van der Waals surface area (Å²) in [5.41, 5.74) is 7.66. The molecule has 0 spiro atoms. The molecule has 3 N–H and O–H groups in total. The second-order valence-corrected chi connectivity index (χ2v) is 9.76. The Morgan fingerprint density at radius 1 is 1.23 bits per heavy atom. The molecule has 2 atom stereocenters. The van der Waals surface area contributed by atoms with E-state index < -0.39 is 16.1 Å². The number of nitrogens with one attached hydrogen (secondary N) is 1. The van der Waals surface area contributed by atoms with Crippen molar-refractivity contribution in [2.45, 2.75) is 56.0 Å². The van der Waals surface area contributed by atoms with E-state index in [0.29, 0.717) is 12.1 Å². The molecule has 1 amide bonds. The molecule has 3 rings (SSSR count). The van der Waals surface area contributed by atoms with E-state index in [2.05, 4.69) is 4.72 Å². The minimum absolute atomic E-state index is 0.0933. The average Bonchev–Trinajstić information content (AvgIpc) is 3.23. The molecule has 6 nitrogen and oxygen atoms in total. The Bertz CT molecular complexity index is 995. The molecule has 1 aliphatic rings. The summed E-state index contributed by atoms with van der Waals surface area (Å²) in [5.74, 6) is -0.455. The normalized spacial score (nSPS) is 17.6. The quantitative estimate of drug-likeness (QED) is 0.618. The number of amides is 1. The van der Waals surface area contributed by atoms with Gasteiger partial charge in [0.05, 0.1) is 4.90 Å². The zero-order valence-corrected chi connectivity index (χ0v) is 18.6. The topological polar surface area (TPSA) is 92.5 Å². The van der Waals surface area contributed by atoms with Crippen molar-refractivity contribution in [1.29, 1.82) is 0 Å². The lowest BCUT2D eigenvalue weighted by Gasteiger charge is -2.26. The summed E-state index contributed by atoms with van der Waals surface area (Å²) in [6.07, 6.45) is 2.75. The Balaban J connectivity index is 1.56. The molecule has 0 saturated carbocycles. The van der Waals surface area contributed by atoms with Gasteiger partial charge in [-0.2, -0.15) is 0 Å². The second-order valence-electron chi connectivity index (χ2n) is 7.99. The van der Waals surface area contributed by atoms with E-state index in [0.717, 1.165) is 24.8 Å². The van der Waals surface area contributed by atoms with Crippen LogP contribution < -0.4 is 10.5 Å². The van der Waals surface area contributed by atoms with Crippen LogP contribution in [0.1, 0.15) is 37.3 Å². The largest absolute Gasteiger partial charge is 0.338 e. The lowest BCUT2D eigenvalue weighted by atomic mass is 10.0. The summed E-state index contributed by atoms with van der Waals surface area (Å²) in [4.78, 5) is 14.7. The van der Waals surface area contributed by atoms with Gasteiger partial charge in [-0.3, -0.25) is 4.79 Å². The van der Waals surface area contributed by atoms with Gasteiger partial charge in [-0.25, -0.2) is 17.5 Å². The number of sulfonamides is 1. The molecule has 1 fully saturated rings. The Morgan fingerprint density at radius 2 is 1.94 bits per heavy atom. The van der Waals surface area contributed by atoms with Crippen LogP contribution in [-0.2, 0) is 27.7 Å². The minimum atomic E-state index is -3.64. The minimum Gasteiger partial charge on any atom is -0.338 e. The number of rotatable bonds is 9. The van der Waals surface area contributed by atoms with Crippen molar-refractivity contribution in [3.8, 4) is 0 Å². The zero-order chi connectivity index (χ0) is 22.4. The van der Waals surface area contributed by atoms with Crippen LogP contribution in [0.15, 0.2) is 53.4 Å². The van der Waals surface area contributed by atoms with E-state index in [1.54, 1.807) is 47.4 Å². The van der Waals surface area contributed by atoms with Crippen LogP contribution in [0.3, 0.4) is 0 Å². The average molecular weight is 448 g/mol. The first kappa shape index (κ1) is 23.4. The highest BCUT2D eigenvalue weighted by Crippen LogP contribution is 2.20. The van der Waals surface area contributed by atoms with Crippen LogP contribution in [0.2, 0.25) is 0 Å². The van der Waals surface area contributed by atoms with Gasteiger partial charge in [0.15, 0.2) is 0 Å². The van der Waals surface area contributed by atoms with Crippen LogP contribution in [0.25, 0.3) is 0 Å². The fraction of sp³-hybridized carbons (Fsp3) is 0.435. The lowest BCUT2D eigenvalue weighted by Crippen LogP contribution is -2.44. The molecule has 1 aliphatic heterocycles. The summed E-state index contributed by atoms with van der Waals surface area (Å²) in [5, 5.41) is 0. The maximum absolute atomic E-state index is 13.8. The third kappa shape index (κ3) is 6.12. The van der Waals surface area contributed by atoms with E-state index in [-0.39, 0.29) is 42.0 Å². The predicted molar refractivity (Wildman–Crippen MR) is 118 cm³/mol. The molecule has 8 heteroatoms. The van der Waals surface area contributed by atoms with Gasteiger partial charge < -0.3 is 10.6 Å². The number of aryl methyl sites for hydroxylation is 1. The maximum Gasteiger partial charge on any atom is 0.240 e. The Morgan fingerprint density at radius 3 is 2.61 bits per heavy atom. The molecule has 2 aromatic rings. The highest BCUT2D eigenvalue weighted by Gasteiger charge is 2.30. The number of halogens is 1. The van der Waals surface area contributed by atoms with Crippen LogP contribution in [0.4, 0.5) is 4.39 Å². The van der Waals surface area contributed by atoms with E-state index in [4.69, 9.17) is 5.73 Å². The SMILES string of the molecule is CCc1ccc(S(=O)(=O)NC[C@@H]2CCCN2C(=O)C[C@H](N)Cc2ccccc2F)cc1. The maximum atomic E-state index is 13.8. The van der Waals surface area contributed by atoms with Crippen LogP contribution in [0, 0.1) is 5.82 Å². The molecule has 2 aromatic carbocycles. The van der Waals surface area contributed by atoms with E-state index >= 15 is 0 Å². The molecular weight excluding hydrogens is 417 g/mol. The van der Waals surface area contributed by atoms with Gasteiger partial charge in [0.2, 0.25) is 15.9 Å². The van der Waals surface area contributed by atoms with Crippen LogP contribution in [0.5, 0.6) is 0 Å². The smallest absolute Gasteiger partial charge is 0.240 e. The standard InChI is InChI=1S/C23H30FN3O3S/c1-2-17-9-11-21(12-10-17)31(29,30)26-16-20-7-5-13-27(20)23(28)15-19(25)14-18-6-3-4-8-22(18)24/h3-4,6,8-12,19-20,26H,2,5,7,13-16,25H2,1H3/t19-,20+/m1/s1. The first-order chi connectivity index (χ1) is 14.8. The number of benzene rings is 2. The highest BCUT2D eigenvalue weighted by molar-refractivity contribution is 7.89. The number of likely N-dealkylation sites (tertiary alicyclic amines) is 1. The van der Waals surface area contributed by atoms with Gasteiger partial charge in [0, 0.05) is 31.6 Å². The lowest BCUT2D eigenvalue weighted by molar-refractivity contribution is -0.132. The van der Waals surface area contributed by atoms with E-state index in [9.17, 15) is 17.6 Å². The molecule has 0 bridgehead atoms. The molecule has 0 aliphatic carbocycles.